The molecule has 0 unspecified atom stereocenters. The van der Waals surface area contributed by atoms with E-state index in [1.165, 1.54) is 11.3 Å². The molecule has 3 nitrogen and oxygen atoms in total. The summed E-state index contributed by atoms with van der Waals surface area (Å²) in [7, 11) is 0. The van der Waals surface area contributed by atoms with E-state index in [-0.39, 0.29) is 0 Å². The molecule has 1 aromatic rings. The van der Waals surface area contributed by atoms with Gasteiger partial charge in [0.2, 0.25) is 0 Å². The topological polar surface area (TPSA) is 49.3 Å². The van der Waals surface area contributed by atoms with Crippen LogP contribution in [0.3, 0.4) is 0 Å². The molecule has 0 aromatic heterocycles. The predicted octanol–water partition coefficient (Wildman–Crippen LogP) is 2.16. The molecule has 0 atom stereocenters. The van der Waals surface area contributed by atoms with Crippen LogP contribution in [0, 0.1) is 0 Å². The third kappa shape index (κ3) is 1.17. The zero-order valence-corrected chi connectivity index (χ0v) is 9.12. The van der Waals surface area contributed by atoms with E-state index in [0.29, 0.717) is 0 Å². The molecular weight excluding hydrogens is 202 g/mol. The third-order valence-electron chi connectivity index (χ3n) is 3.98. The van der Waals surface area contributed by atoms with Crippen molar-refractivity contribution in [2.45, 2.75) is 31.1 Å². The summed E-state index contributed by atoms with van der Waals surface area (Å²) >= 11 is 0. The van der Waals surface area contributed by atoms with Crippen LogP contribution in [-0.4, -0.2) is 17.6 Å². The lowest BCUT2D eigenvalue weighted by atomic mass is 9.64. The normalized spacial score (nSPS) is 20.8. The van der Waals surface area contributed by atoms with Crippen molar-refractivity contribution in [3.63, 3.8) is 0 Å². The molecule has 1 aromatic carbocycles. The minimum absolute atomic E-state index is 0.586. The van der Waals surface area contributed by atoms with Crippen LogP contribution in [0.2, 0.25) is 0 Å². The van der Waals surface area contributed by atoms with E-state index in [4.69, 9.17) is 0 Å². The molecule has 3 rings (SSSR count). The molecule has 0 bridgehead atoms. The van der Waals surface area contributed by atoms with Gasteiger partial charge in [-0.25, -0.2) is 0 Å². The lowest BCUT2D eigenvalue weighted by molar-refractivity contribution is -0.147. The maximum absolute atomic E-state index is 11.4. The Bertz CT molecular complexity index is 449. The fraction of sp³-hybridized carbons (Fsp3) is 0.462. The highest BCUT2D eigenvalue weighted by atomic mass is 16.4. The molecule has 1 aliphatic carbocycles. The molecule has 1 aliphatic heterocycles. The van der Waals surface area contributed by atoms with Crippen molar-refractivity contribution >= 4 is 11.7 Å². The summed E-state index contributed by atoms with van der Waals surface area (Å²) < 4.78 is 0. The molecule has 16 heavy (non-hydrogen) atoms. The molecule has 2 N–H and O–H groups in total. The van der Waals surface area contributed by atoms with E-state index in [1.807, 2.05) is 12.1 Å². The van der Waals surface area contributed by atoms with Crippen LogP contribution in [0.4, 0.5) is 5.69 Å². The number of aliphatic carboxylic acids is 1. The molecule has 0 saturated heterocycles. The van der Waals surface area contributed by atoms with Crippen molar-refractivity contribution in [2.24, 2.45) is 0 Å². The Labute approximate surface area is 94.5 Å². The second kappa shape index (κ2) is 3.24. The van der Waals surface area contributed by atoms with Gasteiger partial charge in [0.05, 0.1) is 5.41 Å². The van der Waals surface area contributed by atoms with E-state index in [1.54, 1.807) is 0 Å². The van der Waals surface area contributed by atoms with Crippen molar-refractivity contribution < 1.29 is 9.90 Å². The Kier molecular flexibility index (Phi) is 1.96. The molecular formula is C13H15NO2. The third-order valence-corrected chi connectivity index (χ3v) is 3.98. The minimum atomic E-state index is -0.662. The van der Waals surface area contributed by atoms with E-state index in [9.17, 15) is 9.90 Å². The Hall–Kier alpha value is -1.51. The van der Waals surface area contributed by atoms with Crippen LogP contribution in [-0.2, 0) is 16.6 Å². The second-order valence-corrected chi connectivity index (χ2v) is 4.79. The Balaban J connectivity index is 2.03. The summed E-state index contributed by atoms with van der Waals surface area (Å²) in [5.41, 5.74) is 2.85. The lowest BCUT2D eigenvalue weighted by Crippen LogP contribution is -2.42. The SMILES string of the molecule is O=C(O)C1(c2ccc3c(c2)CCN3)CCC1. The van der Waals surface area contributed by atoms with Crippen LogP contribution in [0.5, 0.6) is 0 Å². The lowest BCUT2D eigenvalue weighted by Gasteiger charge is -2.38. The number of carbonyl (C=O) groups is 1. The highest BCUT2D eigenvalue weighted by Crippen LogP contribution is 2.45. The second-order valence-electron chi connectivity index (χ2n) is 4.79. The molecule has 1 saturated carbocycles. The number of carboxylic acids is 1. The molecule has 1 heterocycles. The zero-order valence-electron chi connectivity index (χ0n) is 9.12. The summed E-state index contributed by atoms with van der Waals surface area (Å²) in [6, 6.07) is 6.09. The Morgan fingerprint density at radius 1 is 1.38 bits per heavy atom. The fourth-order valence-electron chi connectivity index (χ4n) is 2.76. The monoisotopic (exact) mass is 217 g/mol. The van der Waals surface area contributed by atoms with Crippen molar-refractivity contribution in [3.8, 4) is 0 Å². The first-order chi connectivity index (χ1) is 7.72. The van der Waals surface area contributed by atoms with Gasteiger partial charge in [0, 0.05) is 12.2 Å². The largest absolute Gasteiger partial charge is 0.481 e. The number of hydrogen-bond donors (Lipinski definition) is 2. The van der Waals surface area contributed by atoms with Crippen molar-refractivity contribution in [2.75, 3.05) is 11.9 Å². The van der Waals surface area contributed by atoms with Crippen molar-refractivity contribution in [3.05, 3.63) is 29.3 Å². The molecule has 0 amide bonds. The van der Waals surface area contributed by atoms with Gasteiger partial charge in [-0.15, -0.1) is 0 Å². The van der Waals surface area contributed by atoms with Crippen LogP contribution >= 0.6 is 0 Å². The number of benzene rings is 1. The first-order valence-electron chi connectivity index (χ1n) is 5.83. The predicted molar refractivity (Wildman–Crippen MR) is 61.8 cm³/mol. The first kappa shape index (κ1) is 9.70. The number of nitrogens with one attached hydrogen (secondary N) is 1. The van der Waals surface area contributed by atoms with Gasteiger partial charge in [-0.1, -0.05) is 18.6 Å². The molecule has 0 radical (unpaired) electrons. The quantitative estimate of drug-likeness (QED) is 0.798. The summed E-state index contributed by atoms with van der Waals surface area (Å²) in [6.45, 7) is 0.971. The van der Waals surface area contributed by atoms with Gasteiger partial charge in [0.15, 0.2) is 0 Å². The average molecular weight is 217 g/mol. The molecule has 0 spiro atoms. The van der Waals surface area contributed by atoms with Gasteiger partial charge in [-0.2, -0.15) is 0 Å². The molecule has 2 aliphatic rings. The summed E-state index contributed by atoms with van der Waals surface area (Å²) in [5.74, 6) is -0.662. The molecule has 84 valence electrons. The highest BCUT2D eigenvalue weighted by Gasteiger charge is 2.46. The van der Waals surface area contributed by atoms with Gasteiger partial charge in [-0.3, -0.25) is 4.79 Å². The number of hydrogen-bond acceptors (Lipinski definition) is 2. The fourth-order valence-corrected chi connectivity index (χ4v) is 2.76. The minimum Gasteiger partial charge on any atom is -0.481 e. The van der Waals surface area contributed by atoms with Gasteiger partial charge in [0.1, 0.15) is 0 Å². The van der Waals surface area contributed by atoms with E-state index < -0.39 is 11.4 Å². The zero-order chi connectivity index (χ0) is 11.2. The number of rotatable bonds is 2. The van der Waals surface area contributed by atoms with Crippen LogP contribution in [0.1, 0.15) is 30.4 Å². The molecule has 1 fully saturated rings. The summed E-state index contributed by atoms with van der Waals surface area (Å²) in [6.07, 6.45) is 3.61. The van der Waals surface area contributed by atoms with Gasteiger partial charge in [0.25, 0.3) is 0 Å². The van der Waals surface area contributed by atoms with Crippen LogP contribution < -0.4 is 5.32 Å². The first-order valence-corrected chi connectivity index (χ1v) is 5.83. The average Bonchev–Trinajstić information content (AvgIpc) is 2.62. The number of carboxylic acid groups (broad SMARTS) is 1. The standard InChI is InChI=1S/C13H15NO2/c15-12(16)13(5-1-6-13)10-2-3-11-9(8-10)4-7-14-11/h2-3,8,14H,1,4-7H2,(H,15,16). The smallest absolute Gasteiger partial charge is 0.314 e. The Morgan fingerprint density at radius 3 is 2.81 bits per heavy atom. The maximum atomic E-state index is 11.4. The highest BCUT2D eigenvalue weighted by molar-refractivity contribution is 5.83. The summed E-state index contributed by atoms with van der Waals surface area (Å²) in [4.78, 5) is 11.4. The van der Waals surface area contributed by atoms with Crippen LogP contribution in [0.15, 0.2) is 18.2 Å². The van der Waals surface area contributed by atoms with E-state index in [2.05, 4.69) is 11.4 Å². The number of fused-ring (bicyclic) bond motifs is 1. The van der Waals surface area contributed by atoms with Gasteiger partial charge < -0.3 is 10.4 Å². The Morgan fingerprint density at radius 2 is 2.19 bits per heavy atom. The maximum Gasteiger partial charge on any atom is 0.314 e. The number of anilines is 1. The molecule has 3 heteroatoms. The van der Waals surface area contributed by atoms with Gasteiger partial charge >= 0.3 is 5.97 Å². The summed E-state index contributed by atoms with van der Waals surface area (Å²) in [5, 5.41) is 12.7. The van der Waals surface area contributed by atoms with E-state index in [0.717, 1.165) is 37.8 Å². The van der Waals surface area contributed by atoms with Crippen LogP contribution in [0.25, 0.3) is 0 Å². The van der Waals surface area contributed by atoms with Crippen molar-refractivity contribution in [1.82, 2.24) is 0 Å². The van der Waals surface area contributed by atoms with Crippen molar-refractivity contribution in [1.29, 1.82) is 0 Å². The van der Waals surface area contributed by atoms with Gasteiger partial charge in [-0.05, 0) is 36.5 Å². The van der Waals surface area contributed by atoms with E-state index >= 15 is 0 Å².